The van der Waals surface area contributed by atoms with Crippen molar-refractivity contribution < 1.29 is 27.5 Å². The van der Waals surface area contributed by atoms with Crippen LogP contribution in [0.1, 0.15) is 32.3 Å². The van der Waals surface area contributed by atoms with Gasteiger partial charge >= 0.3 is 6.18 Å². The van der Waals surface area contributed by atoms with Gasteiger partial charge in [0.2, 0.25) is 5.91 Å². The predicted molar refractivity (Wildman–Crippen MR) is 136 cm³/mol. The molecule has 0 atom stereocenters. The maximum absolute atomic E-state index is 13.6. The van der Waals surface area contributed by atoms with Gasteiger partial charge in [-0.3, -0.25) is 20.0 Å². The van der Waals surface area contributed by atoms with E-state index in [1.54, 1.807) is 32.0 Å². The van der Waals surface area contributed by atoms with E-state index in [-0.39, 0.29) is 33.9 Å². The van der Waals surface area contributed by atoms with Gasteiger partial charge in [-0.1, -0.05) is 22.9 Å². The normalized spacial score (nSPS) is 12.2. The topological polar surface area (TPSA) is 135 Å². The minimum Gasteiger partial charge on any atom is -0.492 e. The van der Waals surface area contributed by atoms with E-state index in [2.05, 4.69) is 25.8 Å². The van der Waals surface area contributed by atoms with Crippen LogP contribution in [0.2, 0.25) is 5.02 Å². The van der Waals surface area contributed by atoms with Gasteiger partial charge < -0.3 is 15.8 Å². The third-order valence-electron chi connectivity index (χ3n) is 5.39. The summed E-state index contributed by atoms with van der Waals surface area (Å²) < 4.78 is 46.8. The number of alkyl halides is 3. The lowest BCUT2D eigenvalue weighted by Gasteiger charge is -2.26. The molecule has 5 N–H and O–H groups in total. The smallest absolute Gasteiger partial charge is 0.418 e. The zero-order valence-corrected chi connectivity index (χ0v) is 21.2. The summed E-state index contributed by atoms with van der Waals surface area (Å²) in [5, 5.41) is 12.9. The highest BCUT2D eigenvalue weighted by atomic mass is 35.5. The highest BCUT2D eigenvalue weighted by Gasteiger charge is 2.36. The second-order valence-electron chi connectivity index (χ2n) is 8.72. The summed E-state index contributed by atoms with van der Waals surface area (Å²) in [7, 11) is 0. The summed E-state index contributed by atoms with van der Waals surface area (Å²) in [6.45, 7) is 3.43. The van der Waals surface area contributed by atoms with Crippen molar-refractivity contribution in [3.8, 4) is 5.75 Å². The summed E-state index contributed by atoms with van der Waals surface area (Å²) >= 11 is 7.11. The average Bonchev–Trinajstić information content (AvgIpc) is 3.43. The number of aromatic amines is 1. The Labute approximate surface area is 217 Å². The Balaban J connectivity index is 1.52. The van der Waals surface area contributed by atoms with Crippen molar-refractivity contribution in [2.75, 3.05) is 17.2 Å². The number of primary amides is 1. The van der Waals surface area contributed by atoms with Crippen LogP contribution in [0.25, 0.3) is 21.1 Å². The van der Waals surface area contributed by atoms with Gasteiger partial charge in [0.15, 0.2) is 5.13 Å². The number of fused-ring (bicyclic) bond motifs is 3. The first-order valence-electron chi connectivity index (χ1n) is 11.0. The molecule has 0 saturated carbocycles. The molecule has 0 unspecified atom stereocenters. The van der Waals surface area contributed by atoms with Crippen LogP contribution in [0.4, 0.5) is 24.0 Å². The van der Waals surface area contributed by atoms with Crippen LogP contribution in [0.15, 0.2) is 30.5 Å². The van der Waals surface area contributed by atoms with E-state index in [0.29, 0.717) is 28.3 Å². The summed E-state index contributed by atoms with van der Waals surface area (Å²) in [6, 6.07) is 5.79. The Morgan fingerprint density at radius 2 is 2.00 bits per heavy atom. The van der Waals surface area contributed by atoms with Crippen molar-refractivity contribution in [1.82, 2.24) is 15.2 Å². The maximum Gasteiger partial charge on any atom is 0.418 e. The van der Waals surface area contributed by atoms with E-state index in [4.69, 9.17) is 22.1 Å². The molecular weight excluding hydrogens is 533 g/mol. The summed E-state index contributed by atoms with van der Waals surface area (Å²) in [5.41, 5.74) is 3.47. The van der Waals surface area contributed by atoms with Crippen LogP contribution in [0.3, 0.4) is 0 Å². The number of hydrogen-bond acceptors (Lipinski definition) is 7. The van der Waals surface area contributed by atoms with E-state index < -0.39 is 29.1 Å². The largest absolute Gasteiger partial charge is 0.492 e. The molecule has 2 aromatic heterocycles. The van der Waals surface area contributed by atoms with Gasteiger partial charge in [-0.05, 0) is 38.5 Å². The minimum atomic E-state index is -4.64. The third kappa shape index (κ3) is 5.88. The number of rotatable bonds is 9. The van der Waals surface area contributed by atoms with Gasteiger partial charge in [0.25, 0.3) is 5.91 Å². The lowest BCUT2D eigenvalue weighted by Crippen LogP contribution is -2.44. The number of carbonyl (C=O) groups is 2. The van der Waals surface area contributed by atoms with Gasteiger partial charge in [0, 0.05) is 23.6 Å². The first-order chi connectivity index (χ1) is 17.3. The Morgan fingerprint density at radius 1 is 1.24 bits per heavy atom. The highest BCUT2D eigenvalue weighted by Crippen LogP contribution is 2.41. The number of ether oxygens (including phenoxy) is 1. The molecule has 196 valence electrons. The quantitative estimate of drug-likeness (QED) is 0.207. The van der Waals surface area contributed by atoms with Crippen LogP contribution >= 0.6 is 22.9 Å². The van der Waals surface area contributed by atoms with Gasteiger partial charge in [0.05, 0.1) is 39.1 Å². The summed E-state index contributed by atoms with van der Waals surface area (Å²) in [5.74, 6) is -0.612. The first kappa shape index (κ1) is 26.5. The molecule has 0 aliphatic rings. The molecule has 0 aliphatic carbocycles. The minimum absolute atomic E-state index is 0.0173. The zero-order valence-electron chi connectivity index (χ0n) is 19.6. The number of benzene rings is 2. The number of nitrogens with two attached hydrogens (primary N) is 1. The van der Waals surface area contributed by atoms with Crippen molar-refractivity contribution in [1.29, 1.82) is 0 Å². The van der Waals surface area contributed by atoms with E-state index in [1.165, 1.54) is 6.20 Å². The number of carbonyl (C=O) groups excluding carboxylic acids is 2. The monoisotopic (exact) mass is 554 g/mol. The molecular formula is C23H22ClF3N6O3S. The Hall–Kier alpha value is -3.58. The highest BCUT2D eigenvalue weighted by molar-refractivity contribution is 7.23. The fourth-order valence-corrected chi connectivity index (χ4v) is 4.72. The molecule has 2 aromatic carbocycles. The number of H-pyrrole nitrogens is 1. The number of anilines is 2. The van der Waals surface area contributed by atoms with Gasteiger partial charge in [-0.25, -0.2) is 4.98 Å². The van der Waals surface area contributed by atoms with Crippen molar-refractivity contribution in [2.45, 2.75) is 38.4 Å². The van der Waals surface area contributed by atoms with Crippen LogP contribution in [-0.2, 0) is 15.8 Å². The molecule has 0 radical (unpaired) electrons. The number of halogens is 4. The molecule has 0 spiro atoms. The number of amides is 2. The third-order valence-corrected chi connectivity index (χ3v) is 6.71. The summed E-state index contributed by atoms with van der Waals surface area (Å²) in [6.07, 6.45) is -2.63. The molecule has 0 fully saturated rings. The van der Waals surface area contributed by atoms with E-state index in [9.17, 15) is 22.8 Å². The maximum atomic E-state index is 13.6. The molecule has 0 bridgehead atoms. The molecule has 37 heavy (non-hydrogen) atoms. The number of hydrogen-bond donors (Lipinski definition) is 4. The van der Waals surface area contributed by atoms with Crippen molar-refractivity contribution >= 4 is 66.7 Å². The SMILES string of the molecule is CC(C)(Nc1ccc(Cl)c(OCCCC(N)=O)c1)C(=O)Nc1nc2c(C(F)(F)F)cc3[nH]ncc3c2s1. The van der Waals surface area contributed by atoms with Gasteiger partial charge in [-0.15, -0.1) is 0 Å². The molecule has 2 heterocycles. The van der Waals surface area contributed by atoms with Crippen molar-refractivity contribution in [3.63, 3.8) is 0 Å². The number of nitrogens with one attached hydrogen (secondary N) is 3. The predicted octanol–water partition coefficient (Wildman–Crippen LogP) is 5.32. The number of nitrogens with zero attached hydrogens (tertiary/aromatic N) is 2. The molecule has 9 nitrogen and oxygen atoms in total. The zero-order chi connectivity index (χ0) is 27.0. The average molecular weight is 555 g/mol. The molecule has 4 rings (SSSR count). The fourth-order valence-electron chi connectivity index (χ4n) is 3.55. The van der Waals surface area contributed by atoms with E-state index in [1.807, 2.05) is 0 Å². The molecule has 0 aliphatic heterocycles. The Kier molecular flexibility index (Phi) is 7.20. The summed E-state index contributed by atoms with van der Waals surface area (Å²) in [4.78, 5) is 28.0. The van der Waals surface area contributed by atoms with E-state index >= 15 is 0 Å². The Morgan fingerprint density at radius 3 is 2.70 bits per heavy atom. The van der Waals surface area contributed by atoms with Crippen molar-refractivity contribution in [2.24, 2.45) is 5.73 Å². The molecule has 2 amide bonds. The standard InChI is InChI=1S/C23H22ClF3N6O3S/c1-22(2,32-11-5-6-14(24)16(8-11)36-7-3-4-17(28)34)20(35)31-21-30-18-13(23(25,26)27)9-15-12(10-29-33-15)19(18)37-21/h5-6,8-10,32H,3-4,7H2,1-2H3,(H2,28,34)(H,29,33)(H,30,31,35). The van der Waals surface area contributed by atoms with Crippen LogP contribution in [0, 0.1) is 0 Å². The second kappa shape index (κ2) is 10.1. The van der Waals surface area contributed by atoms with Crippen LogP contribution in [0.5, 0.6) is 5.75 Å². The fraction of sp³-hybridized carbons (Fsp3) is 0.304. The number of aromatic nitrogens is 3. The van der Waals surface area contributed by atoms with Gasteiger partial charge in [0.1, 0.15) is 11.3 Å². The lowest BCUT2D eigenvalue weighted by molar-refractivity contribution is -0.136. The Bertz CT molecular complexity index is 1480. The number of thiazole rings is 1. The molecule has 14 heteroatoms. The lowest BCUT2D eigenvalue weighted by atomic mass is 10.0. The van der Waals surface area contributed by atoms with E-state index in [0.717, 1.165) is 17.4 Å². The van der Waals surface area contributed by atoms with Crippen LogP contribution in [-0.4, -0.2) is 39.1 Å². The molecule has 0 saturated heterocycles. The van der Waals surface area contributed by atoms with Gasteiger partial charge in [-0.2, -0.15) is 18.3 Å². The second-order valence-corrected chi connectivity index (χ2v) is 10.1. The van der Waals surface area contributed by atoms with Crippen molar-refractivity contribution in [3.05, 3.63) is 41.0 Å². The van der Waals surface area contributed by atoms with Crippen LogP contribution < -0.4 is 21.1 Å². The first-order valence-corrected chi connectivity index (χ1v) is 12.2. The molecule has 4 aromatic rings.